The number of amides is 1. The van der Waals surface area contributed by atoms with E-state index in [0.29, 0.717) is 17.0 Å². The lowest BCUT2D eigenvalue weighted by Gasteiger charge is -2.07. The molecule has 0 spiro atoms. The van der Waals surface area contributed by atoms with Crippen molar-refractivity contribution in [1.29, 1.82) is 0 Å². The smallest absolute Gasteiger partial charge is 0.255 e. The molecule has 1 heterocycles. The lowest BCUT2D eigenvalue weighted by atomic mass is 10.1. The van der Waals surface area contributed by atoms with E-state index in [9.17, 15) is 13.2 Å². The van der Waals surface area contributed by atoms with Crippen molar-refractivity contribution < 1.29 is 17.9 Å². The minimum Gasteiger partial charge on any atom is -0.497 e. The molecule has 1 aromatic heterocycles. The number of hydrogen-bond donors (Lipinski definition) is 2. The van der Waals surface area contributed by atoms with Gasteiger partial charge in [0.1, 0.15) is 11.4 Å². The fourth-order valence-electron chi connectivity index (χ4n) is 3.43. The van der Waals surface area contributed by atoms with Crippen LogP contribution in [0.3, 0.4) is 0 Å². The SMILES string of the molecule is COc1cccc(-c2nn(-c3ccc(C)cc3)cc2C(=O)NCc2ccc(S(N)(=O)=O)cc2)c1. The zero-order chi connectivity index (χ0) is 24.3. The largest absolute Gasteiger partial charge is 0.497 e. The lowest BCUT2D eigenvalue weighted by molar-refractivity contribution is 0.0951. The van der Waals surface area contributed by atoms with Crippen molar-refractivity contribution in [3.05, 3.63) is 95.7 Å². The van der Waals surface area contributed by atoms with Gasteiger partial charge in [0.05, 0.1) is 23.3 Å². The summed E-state index contributed by atoms with van der Waals surface area (Å²) in [5.41, 5.74) is 4.33. The number of sulfonamides is 1. The maximum absolute atomic E-state index is 13.2. The molecule has 4 rings (SSSR count). The van der Waals surface area contributed by atoms with Crippen molar-refractivity contribution >= 4 is 15.9 Å². The topological polar surface area (TPSA) is 116 Å². The second-order valence-corrected chi connectivity index (χ2v) is 9.34. The number of rotatable bonds is 7. The molecule has 174 valence electrons. The van der Waals surface area contributed by atoms with Gasteiger partial charge in [0.15, 0.2) is 0 Å². The van der Waals surface area contributed by atoms with Crippen molar-refractivity contribution in [2.45, 2.75) is 18.4 Å². The number of aromatic nitrogens is 2. The van der Waals surface area contributed by atoms with Gasteiger partial charge in [-0.25, -0.2) is 18.2 Å². The fourth-order valence-corrected chi connectivity index (χ4v) is 3.94. The molecule has 0 bridgehead atoms. The van der Waals surface area contributed by atoms with Gasteiger partial charge in [-0.15, -0.1) is 0 Å². The highest BCUT2D eigenvalue weighted by atomic mass is 32.2. The van der Waals surface area contributed by atoms with Gasteiger partial charge in [0.2, 0.25) is 10.0 Å². The monoisotopic (exact) mass is 476 g/mol. The summed E-state index contributed by atoms with van der Waals surface area (Å²) < 4.78 is 29.9. The highest BCUT2D eigenvalue weighted by Crippen LogP contribution is 2.27. The van der Waals surface area contributed by atoms with Crippen LogP contribution in [0.15, 0.2) is 83.9 Å². The number of ether oxygens (including phenoxy) is 1. The number of primary sulfonamides is 1. The van der Waals surface area contributed by atoms with Gasteiger partial charge in [-0.1, -0.05) is 42.0 Å². The first kappa shape index (κ1) is 23.2. The van der Waals surface area contributed by atoms with E-state index in [0.717, 1.165) is 22.4 Å². The van der Waals surface area contributed by atoms with Crippen LogP contribution in [0.2, 0.25) is 0 Å². The first-order valence-corrected chi connectivity index (χ1v) is 12.0. The Bertz CT molecular complexity index is 1430. The van der Waals surface area contributed by atoms with Crippen LogP contribution in [-0.2, 0) is 16.6 Å². The molecule has 0 aliphatic rings. The first-order chi connectivity index (χ1) is 16.2. The number of nitrogens with zero attached hydrogens (tertiary/aromatic N) is 2. The molecule has 8 nitrogen and oxygen atoms in total. The summed E-state index contributed by atoms with van der Waals surface area (Å²) in [5.74, 6) is 0.343. The van der Waals surface area contributed by atoms with E-state index in [1.807, 2.05) is 55.5 Å². The molecule has 1 amide bonds. The third-order valence-electron chi connectivity index (χ3n) is 5.31. The molecule has 9 heteroatoms. The zero-order valence-corrected chi connectivity index (χ0v) is 19.5. The predicted molar refractivity (Wildman–Crippen MR) is 129 cm³/mol. The second kappa shape index (κ2) is 9.50. The van der Waals surface area contributed by atoms with E-state index < -0.39 is 10.0 Å². The summed E-state index contributed by atoms with van der Waals surface area (Å²) >= 11 is 0. The van der Waals surface area contributed by atoms with Crippen molar-refractivity contribution in [1.82, 2.24) is 15.1 Å². The van der Waals surface area contributed by atoms with Crippen LogP contribution < -0.4 is 15.2 Å². The maximum atomic E-state index is 13.2. The first-order valence-electron chi connectivity index (χ1n) is 10.5. The molecule has 0 radical (unpaired) electrons. The number of carbonyl (C=O) groups excluding carboxylic acids is 1. The van der Waals surface area contributed by atoms with E-state index >= 15 is 0 Å². The Balaban J connectivity index is 1.64. The van der Waals surface area contributed by atoms with E-state index in [1.54, 1.807) is 30.1 Å². The Labute approximate surface area is 198 Å². The summed E-state index contributed by atoms with van der Waals surface area (Å²) in [6.45, 7) is 2.21. The maximum Gasteiger partial charge on any atom is 0.255 e. The average molecular weight is 477 g/mol. The molecule has 4 aromatic rings. The van der Waals surface area contributed by atoms with Gasteiger partial charge in [-0.3, -0.25) is 4.79 Å². The molecule has 0 fully saturated rings. The third kappa shape index (κ3) is 5.16. The van der Waals surface area contributed by atoms with Gasteiger partial charge in [0, 0.05) is 18.3 Å². The zero-order valence-electron chi connectivity index (χ0n) is 18.7. The summed E-state index contributed by atoms with van der Waals surface area (Å²) in [4.78, 5) is 13.2. The molecule has 0 saturated carbocycles. The quantitative estimate of drug-likeness (QED) is 0.424. The van der Waals surface area contributed by atoms with Crippen LogP contribution in [0.4, 0.5) is 0 Å². The molecular weight excluding hydrogens is 452 g/mol. The van der Waals surface area contributed by atoms with Crippen LogP contribution >= 0.6 is 0 Å². The normalized spacial score (nSPS) is 11.3. The Morgan fingerprint density at radius 3 is 2.41 bits per heavy atom. The Kier molecular flexibility index (Phi) is 6.49. The summed E-state index contributed by atoms with van der Waals surface area (Å²) in [7, 11) is -2.19. The molecular formula is C25H24N4O4S. The molecule has 3 N–H and O–H groups in total. The molecule has 34 heavy (non-hydrogen) atoms. The van der Waals surface area contributed by atoms with Crippen LogP contribution in [0.25, 0.3) is 16.9 Å². The number of methoxy groups -OCH3 is 1. The van der Waals surface area contributed by atoms with Crippen LogP contribution in [-0.4, -0.2) is 31.2 Å². The molecule has 0 atom stereocenters. The second-order valence-electron chi connectivity index (χ2n) is 7.78. The third-order valence-corrected chi connectivity index (χ3v) is 6.23. The number of hydrogen-bond acceptors (Lipinski definition) is 5. The predicted octanol–water partition coefficient (Wildman–Crippen LogP) is 3.43. The molecule has 3 aromatic carbocycles. The number of benzene rings is 3. The highest BCUT2D eigenvalue weighted by molar-refractivity contribution is 7.89. The number of nitrogens with two attached hydrogens (primary N) is 1. The average Bonchev–Trinajstić information content (AvgIpc) is 3.28. The minimum absolute atomic E-state index is 0.0160. The van der Waals surface area contributed by atoms with Crippen LogP contribution in [0.1, 0.15) is 21.5 Å². The van der Waals surface area contributed by atoms with Crippen molar-refractivity contribution in [3.63, 3.8) is 0 Å². The van der Waals surface area contributed by atoms with Crippen molar-refractivity contribution in [2.75, 3.05) is 7.11 Å². The van der Waals surface area contributed by atoms with E-state index in [2.05, 4.69) is 5.32 Å². The van der Waals surface area contributed by atoms with Gasteiger partial charge >= 0.3 is 0 Å². The van der Waals surface area contributed by atoms with Crippen molar-refractivity contribution in [2.24, 2.45) is 5.14 Å². The minimum atomic E-state index is -3.77. The molecule has 0 unspecified atom stereocenters. The van der Waals surface area contributed by atoms with Crippen LogP contribution in [0, 0.1) is 6.92 Å². The Morgan fingerprint density at radius 1 is 1.06 bits per heavy atom. The fraction of sp³-hybridized carbons (Fsp3) is 0.120. The summed E-state index contributed by atoms with van der Waals surface area (Å²) in [5, 5.41) is 12.7. The van der Waals surface area contributed by atoms with Crippen molar-refractivity contribution in [3.8, 4) is 22.7 Å². The summed E-state index contributed by atoms with van der Waals surface area (Å²) in [6.07, 6.45) is 1.69. The number of carbonyl (C=O) groups is 1. The standard InChI is InChI=1S/C25H24N4O4S/c1-17-6-10-20(11-7-17)29-16-23(24(28-29)19-4-3-5-21(14-19)33-2)25(30)27-15-18-8-12-22(13-9-18)34(26,31)32/h3-14,16H,15H2,1-2H3,(H,27,30)(H2,26,31,32). The van der Waals surface area contributed by atoms with Gasteiger partial charge in [0.25, 0.3) is 5.91 Å². The highest BCUT2D eigenvalue weighted by Gasteiger charge is 2.19. The Morgan fingerprint density at radius 2 is 1.76 bits per heavy atom. The van der Waals surface area contributed by atoms with E-state index in [1.165, 1.54) is 12.1 Å². The van der Waals surface area contributed by atoms with E-state index in [-0.39, 0.29) is 17.3 Å². The number of aryl methyl sites for hydroxylation is 1. The molecule has 0 aliphatic heterocycles. The molecule has 0 saturated heterocycles. The molecule has 0 aliphatic carbocycles. The number of nitrogens with one attached hydrogen (secondary N) is 1. The Hall–Kier alpha value is -3.95. The van der Waals surface area contributed by atoms with E-state index in [4.69, 9.17) is 15.0 Å². The summed E-state index contributed by atoms with van der Waals surface area (Å²) in [6, 6.07) is 21.2. The van der Waals surface area contributed by atoms with Gasteiger partial charge in [-0.05, 0) is 48.9 Å². The van der Waals surface area contributed by atoms with Crippen LogP contribution in [0.5, 0.6) is 5.75 Å². The van der Waals surface area contributed by atoms with Gasteiger partial charge < -0.3 is 10.1 Å². The lowest BCUT2D eigenvalue weighted by Crippen LogP contribution is -2.23. The van der Waals surface area contributed by atoms with Gasteiger partial charge in [-0.2, -0.15) is 5.10 Å².